The van der Waals surface area contributed by atoms with Crippen LogP contribution in [-0.2, 0) is 11.3 Å². The summed E-state index contributed by atoms with van der Waals surface area (Å²) in [6.07, 6.45) is 1.07. The van der Waals surface area contributed by atoms with Gasteiger partial charge >= 0.3 is 0 Å². The molecule has 0 atom stereocenters. The summed E-state index contributed by atoms with van der Waals surface area (Å²) in [6, 6.07) is 3.86. The van der Waals surface area contributed by atoms with Crippen molar-refractivity contribution in [3.8, 4) is 11.5 Å². The number of rotatable bonds is 11. The highest BCUT2D eigenvalue weighted by atomic mass is 79.9. The molecule has 0 spiro atoms. The fraction of sp³-hybridized carbons (Fsp3) is 0.533. The minimum Gasteiger partial charge on any atom is -0.490 e. The molecule has 0 bridgehead atoms. The van der Waals surface area contributed by atoms with Crippen molar-refractivity contribution in [2.75, 3.05) is 33.4 Å². The third-order valence-electron chi connectivity index (χ3n) is 2.84. The van der Waals surface area contributed by atoms with Crippen LogP contribution >= 0.6 is 40.7 Å². The molecule has 0 aliphatic heterocycles. The van der Waals surface area contributed by atoms with Gasteiger partial charge in [0.25, 0.3) is 5.91 Å². The molecule has 24 heavy (non-hydrogen) atoms. The van der Waals surface area contributed by atoms with E-state index in [1.807, 2.05) is 26.1 Å². The fourth-order valence-electron chi connectivity index (χ4n) is 1.89. The van der Waals surface area contributed by atoms with Crippen LogP contribution in [0.15, 0.2) is 16.6 Å². The number of benzene rings is 1. The van der Waals surface area contributed by atoms with Gasteiger partial charge in [-0.3, -0.25) is 4.79 Å². The van der Waals surface area contributed by atoms with Crippen LogP contribution in [0.2, 0.25) is 0 Å². The van der Waals surface area contributed by atoms with Crippen molar-refractivity contribution in [2.45, 2.75) is 19.9 Å². The normalized spacial score (nSPS) is 9.62. The van der Waals surface area contributed by atoms with E-state index in [0.717, 1.165) is 36.1 Å². The second-order valence-electron chi connectivity index (χ2n) is 4.73. The third-order valence-corrected chi connectivity index (χ3v) is 3.43. The van der Waals surface area contributed by atoms with Crippen molar-refractivity contribution >= 4 is 46.7 Å². The maximum atomic E-state index is 10.9. The maximum absolute atomic E-state index is 10.9. The first kappa shape index (κ1) is 25.5. The van der Waals surface area contributed by atoms with Crippen molar-refractivity contribution in [3.63, 3.8) is 0 Å². The Morgan fingerprint density at radius 2 is 1.96 bits per heavy atom. The zero-order valence-electron chi connectivity index (χ0n) is 13.9. The summed E-state index contributed by atoms with van der Waals surface area (Å²) < 4.78 is 11.8. The number of halogens is 3. The number of carbonyl (C=O) groups is 1. The summed E-state index contributed by atoms with van der Waals surface area (Å²) in [7, 11) is 1.94. The quantitative estimate of drug-likeness (QED) is 0.454. The number of ether oxygens (including phenoxy) is 2. The number of primary amides is 1. The number of hydrogen-bond acceptors (Lipinski definition) is 5. The molecule has 1 aromatic carbocycles. The third kappa shape index (κ3) is 9.54. The Hall–Kier alpha value is -0.730. The molecule has 9 heteroatoms. The van der Waals surface area contributed by atoms with E-state index in [2.05, 4.69) is 26.6 Å². The Labute approximate surface area is 164 Å². The average molecular weight is 447 g/mol. The molecule has 0 aliphatic carbocycles. The first-order chi connectivity index (χ1) is 10.6. The second-order valence-corrected chi connectivity index (χ2v) is 5.58. The molecule has 0 aromatic heterocycles. The highest BCUT2D eigenvalue weighted by Gasteiger charge is 2.13. The first-order valence-corrected chi connectivity index (χ1v) is 8.09. The van der Waals surface area contributed by atoms with Crippen molar-refractivity contribution < 1.29 is 14.3 Å². The molecule has 140 valence electrons. The summed E-state index contributed by atoms with van der Waals surface area (Å²) in [5, 5.41) is 6.48. The lowest BCUT2D eigenvalue weighted by Gasteiger charge is -2.15. The molecule has 0 saturated carbocycles. The largest absolute Gasteiger partial charge is 0.490 e. The van der Waals surface area contributed by atoms with E-state index < -0.39 is 5.91 Å². The van der Waals surface area contributed by atoms with Gasteiger partial charge in [0.1, 0.15) is 0 Å². The van der Waals surface area contributed by atoms with E-state index in [0.29, 0.717) is 18.1 Å². The van der Waals surface area contributed by atoms with Gasteiger partial charge in [-0.15, -0.1) is 24.8 Å². The standard InChI is InChI=1S/C15H24BrN3O3.2ClH/c1-3-21-13-8-11(9-19-6-4-5-18-2)7-12(16)15(13)22-10-14(17)20;;/h7-8,18-19H,3-6,9-10H2,1-2H3,(H2,17,20);2*1H. The number of nitrogens with one attached hydrogen (secondary N) is 2. The van der Waals surface area contributed by atoms with Crippen molar-refractivity contribution in [3.05, 3.63) is 22.2 Å². The maximum Gasteiger partial charge on any atom is 0.255 e. The van der Waals surface area contributed by atoms with Crippen molar-refractivity contribution in [1.29, 1.82) is 0 Å². The smallest absolute Gasteiger partial charge is 0.255 e. The van der Waals surface area contributed by atoms with Crippen LogP contribution in [0.1, 0.15) is 18.9 Å². The predicted octanol–water partition coefficient (Wildman–Crippen LogP) is 2.25. The summed E-state index contributed by atoms with van der Waals surface area (Å²) in [6.45, 7) is 4.88. The van der Waals surface area contributed by atoms with Gasteiger partial charge in [0, 0.05) is 6.54 Å². The van der Waals surface area contributed by atoms with Crippen LogP contribution in [0.3, 0.4) is 0 Å². The van der Waals surface area contributed by atoms with Crippen LogP contribution in [0.4, 0.5) is 0 Å². The molecule has 0 heterocycles. The lowest BCUT2D eigenvalue weighted by atomic mass is 10.2. The van der Waals surface area contributed by atoms with Gasteiger partial charge in [-0.25, -0.2) is 0 Å². The Kier molecular flexibility index (Phi) is 15.5. The van der Waals surface area contributed by atoms with E-state index in [4.69, 9.17) is 15.2 Å². The summed E-state index contributed by atoms with van der Waals surface area (Å²) in [5.41, 5.74) is 6.19. The van der Waals surface area contributed by atoms with Crippen LogP contribution in [0.25, 0.3) is 0 Å². The van der Waals surface area contributed by atoms with Gasteiger partial charge < -0.3 is 25.8 Å². The second kappa shape index (κ2) is 14.6. The van der Waals surface area contributed by atoms with Crippen LogP contribution in [0.5, 0.6) is 11.5 Å². The lowest BCUT2D eigenvalue weighted by molar-refractivity contribution is -0.119. The molecule has 4 N–H and O–H groups in total. The molecule has 1 amide bonds. The Balaban J connectivity index is 0. The number of amides is 1. The van der Waals surface area contributed by atoms with Gasteiger partial charge in [-0.1, -0.05) is 0 Å². The summed E-state index contributed by atoms with van der Waals surface area (Å²) in [5.74, 6) is 0.578. The number of carbonyl (C=O) groups excluding carboxylic acids is 1. The van der Waals surface area contributed by atoms with Crippen LogP contribution in [0, 0.1) is 0 Å². The SMILES string of the molecule is CCOc1cc(CNCCCNC)cc(Br)c1OCC(N)=O.Cl.Cl. The number of hydrogen-bond donors (Lipinski definition) is 3. The van der Waals surface area contributed by atoms with Crippen LogP contribution in [-0.4, -0.2) is 39.3 Å². The molecule has 0 unspecified atom stereocenters. The van der Waals surface area contributed by atoms with Gasteiger partial charge in [0.05, 0.1) is 11.1 Å². The Morgan fingerprint density at radius 3 is 2.54 bits per heavy atom. The predicted molar refractivity (Wildman–Crippen MR) is 105 cm³/mol. The average Bonchev–Trinajstić information content (AvgIpc) is 2.46. The monoisotopic (exact) mass is 445 g/mol. The highest BCUT2D eigenvalue weighted by molar-refractivity contribution is 9.10. The van der Waals surface area contributed by atoms with E-state index in [1.165, 1.54) is 0 Å². The summed E-state index contributed by atoms with van der Waals surface area (Å²) >= 11 is 3.46. The molecular formula is C15H26BrCl2N3O3. The van der Waals surface area contributed by atoms with Gasteiger partial charge in [0.15, 0.2) is 18.1 Å². The lowest BCUT2D eigenvalue weighted by Crippen LogP contribution is -2.21. The first-order valence-electron chi connectivity index (χ1n) is 7.30. The number of nitrogens with two attached hydrogens (primary N) is 1. The minimum absolute atomic E-state index is 0. The summed E-state index contributed by atoms with van der Waals surface area (Å²) in [4.78, 5) is 10.9. The molecule has 0 saturated heterocycles. The molecule has 1 rings (SSSR count). The van der Waals surface area contributed by atoms with E-state index in [9.17, 15) is 4.79 Å². The molecule has 6 nitrogen and oxygen atoms in total. The van der Waals surface area contributed by atoms with E-state index in [-0.39, 0.29) is 31.4 Å². The molecule has 0 aliphatic rings. The topological polar surface area (TPSA) is 85.6 Å². The van der Waals surface area contributed by atoms with Gasteiger partial charge in [0.2, 0.25) is 0 Å². The zero-order valence-corrected chi connectivity index (χ0v) is 17.1. The fourth-order valence-corrected chi connectivity index (χ4v) is 2.50. The van der Waals surface area contributed by atoms with Crippen molar-refractivity contribution in [2.24, 2.45) is 5.73 Å². The van der Waals surface area contributed by atoms with Gasteiger partial charge in [-0.05, 0) is 67.1 Å². The van der Waals surface area contributed by atoms with Crippen LogP contribution < -0.4 is 25.8 Å². The molecule has 0 radical (unpaired) electrons. The molecule has 1 aromatic rings. The minimum atomic E-state index is -0.523. The molecular weight excluding hydrogens is 421 g/mol. The van der Waals surface area contributed by atoms with Gasteiger partial charge in [-0.2, -0.15) is 0 Å². The Bertz CT molecular complexity index is 493. The van der Waals surface area contributed by atoms with Crippen molar-refractivity contribution in [1.82, 2.24) is 10.6 Å². The molecule has 0 fully saturated rings. The zero-order chi connectivity index (χ0) is 16.4. The highest BCUT2D eigenvalue weighted by Crippen LogP contribution is 2.36. The Morgan fingerprint density at radius 1 is 1.25 bits per heavy atom. The van der Waals surface area contributed by atoms with E-state index >= 15 is 0 Å². The van der Waals surface area contributed by atoms with E-state index in [1.54, 1.807) is 0 Å².